The number of nitrogens with one attached hydrogen (secondary N) is 1. The van der Waals surface area contributed by atoms with Crippen LogP contribution in [0.3, 0.4) is 0 Å². The van der Waals surface area contributed by atoms with E-state index in [-0.39, 0.29) is 17.9 Å². The summed E-state index contributed by atoms with van der Waals surface area (Å²) in [5.41, 5.74) is 2.14. The molecule has 0 radical (unpaired) electrons. The fourth-order valence-electron chi connectivity index (χ4n) is 2.28. The van der Waals surface area contributed by atoms with Crippen LogP contribution in [0.1, 0.15) is 43.5 Å². The third kappa shape index (κ3) is 2.65. The lowest BCUT2D eigenvalue weighted by Crippen LogP contribution is -2.41. The maximum absolute atomic E-state index is 10.0. The molecule has 1 aliphatic carbocycles. The second-order valence-corrected chi connectivity index (χ2v) is 5.70. The van der Waals surface area contributed by atoms with Crippen LogP contribution in [0, 0.1) is 12.8 Å². The van der Waals surface area contributed by atoms with Gasteiger partial charge in [0.1, 0.15) is 5.75 Å². The normalized spacial score (nSPS) is 16.0. The highest BCUT2D eigenvalue weighted by Crippen LogP contribution is 2.39. The van der Waals surface area contributed by atoms with E-state index in [4.69, 9.17) is 0 Å². The first kappa shape index (κ1) is 13.3. The van der Waals surface area contributed by atoms with E-state index in [0.29, 0.717) is 17.8 Å². The summed E-state index contributed by atoms with van der Waals surface area (Å²) in [6.07, 6.45) is 4.18. The van der Waals surface area contributed by atoms with E-state index in [0.717, 1.165) is 11.5 Å². The molecule has 1 aliphatic rings. The zero-order valence-electron chi connectivity index (χ0n) is 11.3. The minimum absolute atomic E-state index is 0.0797. The van der Waals surface area contributed by atoms with E-state index in [1.54, 1.807) is 13.1 Å². The number of aliphatic hydroxyl groups excluding tert-OH is 1. The van der Waals surface area contributed by atoms with Gasteiger partial charge in [-0.2, -0.15) is 0 Å². The Morgan fingerprint density at radius 2 is 2.11 bits per heavy atom. The van der Waals surface area contributed by atoms with Gasteiger partial charge in [-0.15, -0.1) is 0 Å². The highest BCUT2D eigenvalue weighted by atomic mass is 16.3. The SMILES string of the molecule is Cc1ncc(CO)c(CNC(C)(C)C2CC2)c1O. The fraction of sp³-hybridized carbons (Fsp3) is 0.643. The Labute approximate surface area is 108 Å². The lowest BCUT2D eigenvalue weighted by atomic mass is 9.97. The van der Waals surface area contributed by atoms with Crippen LogP contribution in [0.5, 0.6) is 5.75 Å². The maximum atomic E-state index is 10.0. The smallest absolute Gasteiger partial charge is 0.141 e. The van der Waals surface area contributed by atoms with Crippen molar-refractivity contribution in [1.82, 2.24) is 10.3 Å². The lowest BCUT2D eigenvalue weighted by Gasteiger charge is -2.27. The number of hydrogen-bond donors (Lipinski definition) is 3. The van der Waals surface area contributed by atoms with Crippen molar-refractivity contribution in [3.8, 4) is 5.75 Å². The molecule has 0 aliphatic heterocycles. The minimum atomic E-state index is -0.0955. The average Bonchev–Trinajstić information content (AvgIpc) is 3.15. The monoisotopic (exact) mass is 250 g/mol. The third-order valence-electron chi connectivity index (χ3n) is 3.92. The topological polar surface area (TPSA) is 65.4 Å². The largest absolute Gasteiger partial charge is 0.506 e. The summed E-state index contributed by atoms with van der Waals surface area (Å²) in [7, 11) is 0. The van der Waals surface area contributed by atoms with Crippen molar-refractivity contribution in [3.63, 3.8) is 0 Å². The molecule has 1 aromatic rings. The second-order valence-electron chi connectivity index (χ2n) is 5.70. The van der Waals surface area contributed by atoms with Crippen LogP contribution >= 0.6 is 0 Å². The zero-order valence-corrected chi connectivity index (χ0v) is 11.3. The van der Waals surface area contributed by atoms with E-state index in [1.165, 1.54) is 12.8 Å². The molecule has 0 saturated heterocycles. The summed E-state index contributed by atoms with van der Waals surface area (Å²) in [5, 5.41) is 22.8. The molecule has 3 N–H and O–H groups in total. The number of rotatable bonds is 5. The molecule has 1 saturated carbocycles. The van der Waals surface area contributed by atoms with Crippen molar-refractivity contribution in [2.75, 3.05) is 0 Å². The average molecular weight is 250 g/mol. The van der Waals surface area contributed by atoms with Crippen LogP contribution < -0.4 is 5.32 Å². The Hall–Kier alpha value is -1.13. The molecular weight excluding hydrogens is 228 g/mol. The molecule has 1 aromatic heterocycles. The van der Waals surface area contributed by atoms with Gasteiger partial charge in [0.2, 0.25) is 0 Å². The Morgan fingerprint density at radius 3 is 2.67 bits per heavy atom. The second kappa shape index (κ2) is 4.86. The van der Waals surface area contributed by atoms with Crippen molar-refractivity contribution in [3.05, 3.63) is 23.0 Å². The van der Waals surface area contributed by atoms with Gasteiger partial charge in [0.05, 0.1) is 12.3 Å². The number of aromatic nitrogens is 1. The van der Waals surface area contributed by atoms with Gasteiger partial charge in [-0.05, 0) is 39.5 Å². The predicted octanol–water partition coefficient (Wildman–Crippen LogP) is 1.87. The molecule has 0 amide bonds. The zero-order chi connectivity index (χ0) is 13.3. The van der Waals surface area contributed by atoms with Crippen molar-refractivity contribution >= 4 is 0 Å². The van der Waals surface area contributed by atoms with Crippen LogP contribution in [-0.2, 0) is 13.2 Å². The standard InChI is InChI=1S/C14H22N2O2/c1-9-13(18)12(10(8-17)6-15-9)7-16-14(2,3)11-4-5-11/h6,11,16-18H,4-5,7-8H2,1-3H3. The summed E-state index contributed by atoms with van der Waals surface area (Å²) in [6, 6.07) is 0. The Balaban J connectivity index is 2.15. The number of aliphatic hydroxyl groups is 1. The van der Waals surface area contributed by atoms with Gasteiger partial charge in [0, 0.05) is 29.4 Å². The van der Waals surface area contributed by atoms with E-state index >= 15 is 0 Å². The Morgan fingerprint density at radius 1 is 1.44 bits per heavy atom. The molecule has 1 heterocycles. The van der Waals surface area contributed by atoms with Gasteiger partial charge in [-0.1, -0.05) is 0 Å². The molecule has 0 unspecified atom stereocenters. The minimum Gasteiger partial charge on any atom is -0.506 e. The van der Waals surface area contributed by atoms with E-state index in [2.05, 4.69) is 24.1 Å². The molecule has 100 valence electrons. The summed E-state index contributed by atoms with van der Waals surface area (Å²) in [6.45, 7) is 6.62. The van der Waals surface area contributed by atoms with Crippen molar-refractivity contribution in [1.29, 1.82) is 0 Å². The highest BCUT2D eigenvalue weighted by molar-refractivity contribution is 5.40. The van der Waals surface area contributed by atoms with Crippen molar-refractivity contribution in [2.45, 2.75) is 52.3 Å². The molecule has 1 fully saturated rings. The first-order valence-corrected chi connectivity index (χ1v) is 6.48. The van der Waals surface area contributed by atoms with E-state index in [9.17, 15) is 10.2 Å². The molecule has 0 aromatic carbocycles. The number of hydrogen-bond acceptors (Lipinski definition) is 4. The van der Waals surface area contributed by atoms with E-state index in [1.807, 2.05) is 0 Å². The molecule has 0 atom stereocenters. The molecule has 0 bridgehead atoms. The highest BCUT2D eigenvalue weighted by Gasteiger charge is 2.37. The molecule has 4 heteroatoms. The summed E-state index contributed by atoms with van der Waals surface area (Å²) in [5.74, 6) is 0.917. The third-order valence-corrected chi connectivity index (χ3v) is 3.92. The van der Waals surface area contributed by atoms with Crippen LogP contribution in [-0.4, -0.2) is 20.7 Å². The fourth-order valence-corrected chi connectivity index (χ4v) is 2.28. The molecule has 0 spiro atoms. The summed E-state index contributed by atoms with van der Waals surface area (Å²) in [4.78, 5) is 4.06. The van der Waals surface area contributed by atoms with Gasteiger partial charge >= 0.3 is 0 Å². The number of aromatic hydroxyl groups is 1. The molecule has 2 rings (SSSR count). The van der Waals surface area contributed by atoms with Gasteiger partial charge in [-0.25, -0.2) is 0 Å². The number of aryl methyl sites for hydroxylation is 1. The first-order valence-electron chi connectivity index (χ1n) is 6.48. The Bertz CT molecular complexity index is 440. The molecule has 4 nitrogen and oxygen atoms in total. The molecular formula is C14H22N2O2. The van der Waals surface area contributed by atoms with Crippen LogP contribution in [0.2, 0.25) is 0 Å². The number of nitrogens with zero attached hydrogens (tertiary/aromatic N) is 1. The van der Waals surface area contributed by atoms with Crippen molar-refractivity contribution < 1.29 is 10.2 Å². The lowest BCUT2D eigenvalue weighted by molar-refractivity contribution is 0.276. The number of pyridine rings is 1. The Kier molecular flexibility index (Phi) is 3.59. The quantitative estimate of drug-likeness (QED) is 0.746. The van der Waals surface area contributed by atoms with Gasteiger partial charge in [-0.3, -0.25) is 4.98 Å². The maximum Gasteiger partial charge on any atom is 0.141 e. The van der Waals surface area contributed by atoms with E-state index < -0.39 is 0 Å². The van der Waals surface area contributed by atoms with Crippen molar-refractivity contribution in [2.24, 2.45) is 5.92 Å². The van der Waals surface area contributed by atoms with Gasteiger partial charge < -0.3 is 15.5 Å². The van der Waals surface area contributed by atoms with Gasteiger partial charge in [0.25, 0.3) is 0 Å². The summed E-state index contributed by atoms with van der Waals surface area (Å²) < 4.78 is 0. The predicted molar refractivity (Wildman–Crippen MR) is 70.2 cm³/mol. The van der Waals surface area contributed by atoms with Crippen LogP contribution in [0.15, 0.2) is 6.20 Å². The van der Waals surface area contributed by atoms with Crippen LogP contribution in [0.4, 0.5) is 0 Å². The first-order chi connectivity index (χ1) is 8.45. The summed E-state index contributed by atoms with van der Waals surface area (Å²) >= 11 is 0. The van der Waals surface area contributed by atoms with Crippen LogP contribution in [0.25, 0.3) is 0 Å². The molecule has 18 heavy (non-hydrogen) atoms. The van der Waals surface area contributed by atoms with Gasteiger partial charge in [0.15, 0.2) is 0 Å².